The molecule has 12 radical (unpaired) electrons. The zero-order valence-electron chi connectivity index (χ0n) is 19.5. The second-order valence-electron chi connectivity index (χ2n) is 9.19. The van der Waals surface area contributed by atoms with Crippen molar-refractivity contribution in [3.05, 3.63) is 69.7 Å². The first-order chi connectivity index (χ1) is 17.4. The van der Waals surface area contributed by atoms with Gasteiger partial charge >= 0.3 is 5.92 Å². The Hall–Kier alpha value is -2.94. The molecular formula is C22H12B6ClF2N3O4. The summed E-state index contributed by atoms with van der Waals surface area (Å²) in [7, 11) is 35.7. The quantitative estimate of drug-likeness (QED) is 0.414. The van der Waals surface area contributed by atoms with Gasteiger partial charge in [0.2, 0.25) is 11.8 Å². The highest BCUT2D eigenvalue weighted by atomic mass is 35.5. The maximum absolute atomic E-state index is 14.7. The molecule has 2 aliphatic heterocycles. The van der Waals surface area contributed by atoms with Gasteiger partial charge in [-0.1, -0.05) is 41.7 Å². The van der Waals surface area contributed by atoms with Crippen LogP contribution in [0.3, 0.4) is 0 Å². The Morgan fingerprint density at radius 2 is 1.61 bits per heavy atom. The summed E-state index contributed by atoms with van der Waals surface area (Å²) in [6.45, 7) is -0.338. The van der Waals surface area contributed by atoms with Crippen LogP contribution in [0.4, 0.5) is 8.78 Å². The molecule has 4 rings (SSSR count). The molecule has 7 nitrogen and oxygen atoms in total. The van der Waals surface area contributed by atoms with Crippen LogP contribution >= 0.6 is 11.6 Å². The number of fused-ring (bicyclic) bond motifs is 1. The third kappa shape index (κ3) is 4.28. The van der Waals surface area contributed by atoms with Gasteiger partial charge in [0.15, 0.2) is 0 Å². The number of halogens is 3. The molecule has 178 valence electrons. The van der Waals surface area contributed by atoms with E-state index in [0.29, 0.717) is 0 Å². The first kappa shape index (κ1) is 28.1. The lowest BCUT2D eigenvalue weighted by molar-refractivity contribution is -0.147. The van der Waals surface area contributed by atoms with E-state index < -0.39 is 56.9 Å². The minimum atomic E-state index is -4.01. The molecule has 0 aromatic heterocycles. The number of carbonyl (C=O) groups is 4. The maximum atomic E-state index is 14.7. The van der Waals surface area contributed by atoms with Crippen LogP contribution in [-0.4, -0.2) is 81.0 Å². The maximum Gasteiger partial charge on any atom is 0.349 e. The summed E-state index contributed by atoms with van der Waals surface area (Å²) < 4.78 is 29.5. The van der Waals surface area contributed by atoms with Crippen LogP contribution in [0.25, 0.3) is 0 Å². The molecule has 1 saturated heterocycles. The summed E-state index contributed by atoms with van der Waals surface area (Å²) >= 11 is 5.71. The molecular weight excluding hydrogens is 509 g/mol. The average Bonchev–Trinajstić information content (AvgIpc) is 3.18. The van der Waals surface area contributed by atoms with Crippen molar-refractivity contribution in [2.24, 2.45) is 0 Å². The summed E-state index contributed by atoms with van der Waals surface area (Å²) in [5, 5.41) is -0.597. The molecule has 4 amide bonds. The van der Waals surface area contributed by atoms with Crippen molar-refractivity contribution in [1.29, 1.82) is 0 Å². The van der Waals surface area contributed by atoms with Crippen LogP contribution in [0.5, 0.6) is 0 Å². The number of nitrogens with one attached hydrogen (secondary N) is 2. The third-order valence-electron chi connectivity index (χ3n) is 6.62. The minimum Gasteiger partial charge on any atom is -0.358 e. The van der Waals surface area contributed by atoms with Gasteiger partial charge in [-0.2, -0.15) is 8.78 Å². The van der Waals surface area contributed by atoms with Crippen LogP contribution in [0.2, 0.25) is 16.1 Å². The van der Waals surface area contributed by atoms with Crippen LogP contribution in [-0.2, 0) is 32.2 Å². The van der Waals surface area contributed by atoms with E-state index in [1.807, 2.05) is 10.6 Å². The van der Waals surface area contributed by atoms with Crippen molar-refractivity contribution in [2.75, 3.05) is 0 Å². The Kier molecular flexibility index (Phi) is 6.70. The van der Waals surface area contributed by atoms with Crippen LogP contribution in [0.1, 0.15) is 27.0 Å². The lowest BCUT2D eigenvalue weighted by atomic mass is 9.35. The van der Waals surface area contributed by atoms with E-state index in [1.165, 1.54) is 30.3 Å². The number of carbonyl (C=O) groups excluding carboxylic acids is 4. The van der Waals surface area contributed by atoms with Gasteiger partial charge < -0.3 is 10.2 Å². The molecule has 2 aliphatic rings. The summed E-state index contributed by atoms with van der Waals surface area (Å²) in [4.78, 5) is 51.1. The number of alkyl halides is 2. The van der Waals surface area contributed by atoms with Crippen molar-refractivity contribution >= 4 is 82.3 Å². The SMILES string of the molecule is [B]C1C([B])([B])C(=O)NC(=O)[C@@]1([B])N1Cc2cc(C([B])([B])NC(=O)C(F)(F)c3ccc(Cl)cc3)ccc2C1=O. The molecule has 2 aromatic carbocycles. The van der Waals surface area contributed by atoms with Crippen molar-refractivity contribution in [2.45, 2.75) is 34.3 Å². The highest BCUT2D eigenvalue weighted by Gasteiger charge is 2.57. The van der Waals surface area contributed by atoms with Crippen LogP contribution in [0.15, 0.2) is 42.5 Å². The zero-order valence-corrected chi connectivity index (χ0v) is 20.3. The van der Waals surface area contributed by atoms with Crippen LogP contribution < -0.4 is 10.6 Å². The molecule has 0 aliphatic carbocycles. The second-order valence-corrected chi connectivity index (χ2v) is 9.62. The number of hydrogen-bond acceptors (Lipinski definition) is 4. The standard InChI is InChI=1S/C22H12B6ClF2N3O4/c23-15-19(24,25)16(36)32-17(37)20(15,26)34-8-9-7-11(3-6-13(9)14(34)35)22(27,28)33-18(38)21(30,31)10-1-4-12(29)5-2-10/h1-7,15H,8H2,(H,33,38)(H,32,36,37)/t15?,20-/m0/s1. The summed E-state index contributed by atoms with van der Waals surface area (Å²) in [6.07, 6.45) is 0. The van der Waals surface area contributed by atoms with Crippen molar-refractivity contribution in [3.8, 4) is 0 Å². The number of amides is 4. The smallest absolute Gasteiger partial charge is 0.349 e. The van der Waals surface area contributed by atoms with Crippen molar-refractivity contribution < 1.29 is 28.0 Å². The number of imide groups is 1. The molecule has 1 fully saturated rings. The zero-order chi connectivity index (χ0) is 28.4. The van der Waals surface area contributed by atoms with Gasteiger partial charge in [0, 0.05) is 22.7 Å². The minimum absolute atomic E-state index is 0.0451. The number of benzene rings is 2. The molecule has 2 aromatic rings. The van der Waals surface area contributed by atoms with E-state index >= 15 is 0 Å². The number of rotatable bonds is 5. The molecule has 2 N–H and O–H groups in total. The summed E-state index contributed by atoms with van der Waals surface area (Å²) in [5.41, 5.74) is -2.77. The normalized spacial score (nSPS) is 23.1. The lowest BCUT2D eigenvalue weighted by Gasteiger charge is -2.52. The first-order valence-electron chi connectivity index (χ1n) is 10.9. The Bertz CT molecular complexity index is 1380. The molecule has 0 saturated carbocycles. The van der Waals surface area contributed by atoms with Crippen molar-refractivity contribution in [3.63, 3.8) is 0 Å². The van der Waals surface area contributed by atoms with Gasteiger partial charge in [0.05, 0.1) is 44.7 Å². The molecule has 2 atom stereocenters. The van der Waals surface area contributed by atoms with Gasteiger partial charge in [-0.05, 0) is 39.9 Å². The Morgan fingerprint density at radius 3 is 2.21 bits per heavy atom. The van der Waals surface area contributed by atoms with Gasteiger partial charge in [-0.3, -0.25) is 24.5 Å². The fourth-order valence-electron chi connectivity index (χ4n) is 4.25. The highest BCUT2D eigenvalue weighted by molar-refractivity contribution is 6.58. The summed E-state index contributed by atoms with van der Waals surface area (Å²) in [5.74, 6) is -10.4. The summed E-state index contributed by atoms with van der Waals surface area (Å²) in [6, 6.07) is 8.09. The number of piperidine rings is 1. The topological polar surface area (TPSA) is 95.6 Å². The van der Waals surface area contributed by atoms with E-state index in [2.05, 4.69) is 0 Å². The number of hydrogen-bond donors (Lipinski definition) is 2. The molecule has 0 bridgehead atoms. The van der Waals surface area contributed by atoms with E-state index in [0.717, 1.165) is 17.0 Å². The molecule has 1 unspecified atom stereocenters. The Labute approximate surface area is 229 Å². The molecule has 2 heterocycles. The molecule has 0 spiro atoms. The van der Waals surface area contributed by atoms with E-state index in [1.54, 1.807) is 0 Å². The second kappa shape index (κ2) is 9.07. The van der Waals surface area contributed by atoms with Crippen LogP contribution in [0, 0.1) is 0 Å². The predicted molar refractivity (Wildman–Crippen MR) is 138 cm³/mol. The predicted octanol–water partition coefficient (Wildman–Crippen LogP) is -0.417. The first-order valence-corrected chi connectivity index (χ1v) is 11.3. The van der Waals surface area contributed by atoms with Gasteiger partial charge in [0.1, 0.15) is 7.85 Å². The largest absolute Gasteiger partial charge is 0.358 e. The Morgan fingerprint density at radius 1 is 1.03 bits per heavy atom. The molecule has 16 heteroatoms. The fourth-order valence-corrected chi connectivity index (χ4v) is 4.38. The highest BCUT2D eigenvalue weighted by Crippen LogP contribution is 2.47. The van der Waals surface area contributed by atoms with Gasteiger partial charge in [0.25, 0.3) is 11.8 Å². The fraction of sp³-hybridized carbons (Fsp3) is 0.273. The Balaban J connectivity index is 1.60. The third-order valence-corrected chi connectivity index (χ3v) is 6.87. The van der Waals surface area contributed by atoms with Gasteiger partial charge in [-0.25, -0.2) is 0 Å². The lowest BCUT2D eigenvalue weighted by Crippen LogP contribution is -2.70. The van der Waals surface area contributed by atoms with Gasteiger partial charge in [-0.15, -0.1) is 0 Å². The van der Waals surface area contributed by atoms with E-state index in [4.69, 9.17) is 58.7 Å². The van der Waals surface area contributed by atoms with E-state index in [9.17, 15) is 28.0 Å². The number of nitrogens with zero attached hydrogens (tertiary/aromatic N) is 1. The monoisotopic (exact) mass is 521 g/mol. The average molecular weight is 521 g/mol. The van der Waals surface area contributed by atoms with Crippen molar-refractivity contribution in [1.82, 2.24) is 15.5 Å². The molecule has 38 heavy (non-hydrogen) atoms. The van der Waals surface area contributed by atoms with E-state index in [-0.39, 0.29) is 28.3 Å².